The van der Waals surface area contributed by atoms with Crippen molar-refractivity contribution in [3.8, 4) is 12.1 Å². The standard InChI is InChI=1S/C26H22N6O3S/c1-16-5-4-6-21(11-16)32-18(3)23(14-28)25(30-26(32)33)22-10-8-19(13-27)12-24(22)36(34,35)31-20-9-7-17(2)29-15-20/h4-12,15,25,31H,1-3H3,(H,30,33)/t25-/m1/s1. The van der Waals surface area contributed by atoms with Crippen molar-refractivity contribution in [1.82, 2.24) is 10.3 Å². The highest BCUT2D eigenvalue weighted by atomic mass is 32.2. The van der Waals surface area contributed by atoms with E-state index in [1.165, 1.54) is 29.3 Å². The normalized spacial score (nSPS) is 15.6. The average Bonchev–Trinajstić information content (AvgIpc) is 2.85. The third kappa shape index (κ3) is 4.63. The Kier molecular flexibility index (Phi) is 6.47. The molecule has 0 spiro atoms. The first-order chi connectivity index (χ1) is 17.1. The van der Waals surface area contributed by atoms with E-state index in [4.69, 9.17) is 0 Å². The van der Waals surface area contributed by atoms with Gasteiger partial charge in [-0.05, 0) is 62.7 Å². The first-order valence-corrected chi connectivity index (χ1v) is 12.4. The maximum atomic E-state index is 13.4. The van der Waals surface area contributed by atoms with Crippen molar-refractivity contribution in [3.63, 3.8) is 0 Å². The Morgan fingerprint density at radius 3 is 2.44 bits per heavy atom. The van der Waals surface area contributed by atoms with Gasteiger partial charge in [-0.3, -0.25) is 14.6 Å². The zero-order valence-corrected chi connectivity index (χ0v) is 20.6. The lowest BCUT2D eigenvalue weighted by Crippen LogP contribution is -2.46. The molecule has 0 saturated heterocycles. The van der Waals surface area contributed by atoms with Gasteiger partial charge in [0.15, 0.2) is 0 Å². The molecule has 0 saturated carbocycles. The first-order valence-electron chi connectivity index (χ1n) is 10.9. The molecular weight excluding hydrogens is 476 g/mol. The highest BCUT2D eigenvalue weighted by Gasteiger charge is 2.36. The molecule has 4 rings (SSSR count). The number of hydrogen-bond acceptors (Lipinski definition) is 6. The molecule has 3 aromatic rings. The lowest BCUT2D eigenvalue weighted by molar-refractivity contribution is 0.243. The second kappa shape index (κ2) is 9.53. The molecule has 1 aromatic heterocycles. The van der Waals surface area contributed by atoms with Crippen molar-refractivity contribution in [3.05, 3.63) is 94.4 Å². The van der Waals surface area contributed by atoms with Gasteiger partial charge in [0.1, 0.15) is 0 Å². The molecule has 0 unspecified atom stereocenters. The molecule has 10 heteroatoms. The van der Waals surface area contributed by atoms with E-state index in [0.717, 1.165) is 5.56 Å². The van der Waals surface area contributed by atoms with Crippen molar-refractivity contribution in [2.75, 3.05) is 9.62 Å². The number of amides is 2. The van der Waals surface area contributed by atoms with Crippen molar-refractivity contribution in [2.45, 2.75) is 31.7 Å². The van der Waals surface area contributed by atoms with Crippen molar-refractivity contribution < 1.29 is 13.2 Å². The minimum absolute atomic E-state index is 0.115. The smallest absolute Gasteiger partial charge is 0.326 e. The molecule has 1 aliphatic heterocycles. The SMILES string of the molecule is CC1=C(C#N)[C@@H](c2ccc(C#N)cc2S(=O)(=O)Nc2ccc(C)nc2)NC(=O)N1c1cccc(C)c1. The van der Waals surface area contributed by atoms with Gasteiger partial charge in [-0.15, -0.1) is 0 Å². The van der Waals surface area contributed by atoms with Crippen LogP contribution in [-0.2, 0) is 10.0 Å². The monoisotopic (exact) mass is 498 g/mol. The molecule has 180 valence electrons. The van der Waals surface area contributed by atoms with Crippen LogP contribution in [0.15, 0.2) is 77.0 Å². The summed E-state index contributed by atoms with van der Waals surface area (Å²) in [5.41, 5.74) is 3.29. The Balaban J connectivity index is 1.84. The highest BCUT2D eigenvalue weighted by molar-refractivity contribution is 7.92. The van der Waals surface area contributed by atoms with Crippen LogP contribution in [0.1, 0.15) is 35.3 Å². The van der Waals surface area contributed by atoms with Gasteiger partial charge >= 0.3 is 6.03 Å². The number of carbonyl (C=O) groups excluding carboxylic acids is 1. The number of pyridine rings is 1. The number of nitrogens with one attached hydrogen (secondary N) is 2. The van der Waals surface area contributed by atoms with Gasteiger partial charge in [-0.1, -0.05) is 18.2 Å². The summed E-state index contributed by atoms with van der Waals surface area (Å²) in [6.07, 6.45) is 1.38. The Morgan fingerprint density at radius 1 is 1.03 bits per heavy atom. The second-order valence-electron chi connectivity index (χ2n) is 8.33. The van der Waals surface area contributed by atoms with Crippen LogP contribution >= 0.6 is 0 Å². The largest absolute Gasteiger partial charge is 0.327 e. The number of aryl methyl sites for hydroxylation is 2. The summed E-state index contributed by atoms with van der Waals surface area (Å²) in [7, 11) is -4.21. The van der Waals surface area contributed by atoms with Crippen LogP contribution in [0.25, 0.3) is 0 Å². The fourth-order valence-electron chi connectivity index (χ4n) is 4.01. The Morgan fingerprint density at radius 2 is 1.81 bits per heavy atom. The Bertz CT molecular complexity index is 1580. The number of benzene rings is 2. The van der Waals surface area contributed by atoms with E-state index < -0.39 is 22.1 Å². The Hall–Kier alpha value is -4.67. The molecule has 0 bridgehead atoms. The van der Waals surface area contributed by atoms with Gasteiger partial charge in [0, 0.05) is 17.0 Å². The molecule has 1 aliphatic rings. The molecule has 9 nitrogen and oxygen atoms in total. The van der Waals surface area contributed by atoms with E-state index >= 15 is 0 Å². The number of sulfonamides is 1. The average molecular weight is 499 g/mol. The number of nitriles is 2. The van der Waals surface area contributed by atoms with E-state index in [-0.39, 0.29) is 27.3 Å². The summed E-state index contributed by atoms with van der Waals surface area (Å²) in [5, 5.41) is 22.2. The van der Waals surface area contributed by atoms with E-state index in [9.17, 15) is 23.7 Å². The van der Waals surface area contributed by atoms with E-state index in [1.807, 2.05) is 25.1 Å². The zero-order valence-electron chi connectivity index (χ0n) is 19.8. The zero-order chi connectivity index (χ0) is 26.0. The maximum Gasteiger partial charge on any atom is 0.327 e. The summed E-state index contributed by atoms with van der Waals surface area (Å²) in [5.74, 6) is 0. The third-order valence-electron chi connectivity index (χ3n) is 5.77. The van der Waals surface area contributed by atoms with E-state index in [1.54, 1.807) is 38.1 Å². The summed E-state index contributed by atoms with van der Waals surface area (Å²) < 4.78 is 29.3. The van der Waals surface area contributed by atoms with Crippen molar-refractivity contribution in [1.29, 1.82) is 10.5 Å². The first kappa shape index (κ1) is 24.5. The van der Waals surface area contributed by atoms with Crippen LogP contribution in [0, 0.1) is 36.5 Å². The number of nitrogens with zero attached hydrogens (tertiary/aromatic N) is 4. The molecule has 2 N–H and O–H groups in total. The number of urea groups is 1. The van der Waals surface area contributed by atoms with Gasteiger partial charge in [-0.25, -0.2) is 13.2 Å². The summed E-state index contributed by atoms with van der Waals surface area (Å²) in [4.78, 5) is 18.5. The molecule has 2 heterocycles. The van der Waals surface area contributed by atoms with Crippen LogP contribution in [0.5, 0.6) is 0 Å². The number of hydrogen-bond donors (Lipinski definition) is 2. The lowest BCUT2D eigenvalue weighted by atomic mass is 9.94. The molecule has 36 heavy (non-hydrogen) atoms. The Labute approximate surface area is 209 Å². The minimum Gasteiger partial charge on any atom is -0.326 e. The van der Waals surface area contributed by atoms with Gasteiger partial charge in [0.2, 0.25) is 0 Å². The van der Waals surface area contributed by atoms with Crippen LogP contribution in [-0.4, -0.2) is 19.4 Å². The molecule has 2 aromatic carbocycles. The number of carbonyl (C=O) groups is 1. The molecule has 0 fully saturated rings. The molecule has 2 amide bonds. The van der Waals surface area contributed by atoms with Crippen molar-refractivity contribution in [2.24, 2.45) is 0 Å². The van der Waals surface area contributed by atoms with Crippen LogP contribution < -0.4 is 14.9 Å². The number of allylic oxidation sites excluding steroid dienone is 1. The fourth-order valence-corrected chi connectivity index (χ4v) is 5.33. The predicted molar refractivity (Wildman–Crippen MR) is 134 cm³/mol. The fraction of sp³-hybridized carbons (Fsp3) is 0.154. The summed E-state index contributed by atoms with van der Waals surface area (Å²) in [6.45, 7) is 5.31. The van der Waals surface area contributed by atoms with E-state index in [2.05, 4.69) is 21.1 Å². The quantitative estimate of drug-likeness (QED) is 0.533. The van der Waals surface area contributed by atoms with E-state index in [0.29, 0.717) is 17.1 Å². The topological polar surface area (TPSA) is 139 Å². The van der Waals surface area contributed by atoms with Crippen LogP contribution in [0.3, 0.4) is 0 Å². The van der Waals surface area contributed by atoms with Gasteiger partial charge < -0.3 is 5.32 Å². The number of rotatable bonds is 5. The van der Waals surface area contributed by atoms with Crippen LogP contribution in [0.2, 0.25) is 0 Å². The number of anilines is 2. The minimum atomic E-state index is -4.21. The third-order valence-corrected chi connectivity index (χ3v) is 7.21. The lowest BCUT2D eigenvalue weighted by Gasteiger charge is -2.34. The summed E-state index contributed by atoms with van der Waals surface area (Å²) >= 11 is 0. The van der Waals surface area contributed by atoms with Gasteiger partial charge in [-0.2, -0.15) is 10.5 Å². The van der Waals surface area contributed by atoms with Crippen molar-refractivity contribution >= 4 is 27.4 Å². The maximum absolute atomic E-state index is 13.4. The molecule has 0 radical (unpaired) electrons. The summed E-state index contributed by atoms with van der Waals surface area (Å²) in [6, 6.07) is 17.1. The molecular formula is C26H22N6O3S. The molecule has 1 atom stereocenters. The molecule has 0 aliphatic carbocycles. The second-order valence-corrected chi connectivity index (χ2v) is 9.98. The van der Waals surface area contributed by atoms with Gasteiger partial charge in [0.25, 0.3) is 10.0 Å². The van der Waals surface area contributed by atoms with Crippen LogP contribution in [0.4, 0.5) is 16.2 Å². The number of aromatic nitrogens is 1. The van der Waals surface area contributed by atoms with Gasteiger partial charge in [0.05, 0.1) is 51.8 Å². The predicted octanol–water partition coefficient (Wildman–Crippen LogP) is 4.44. The highest BCUT2D eigenvalue weighted by Crippen LogP contribution is 2.36.